The molecule has 7 nitrogen and oxygen atoms in total. The van der Waals surface area contributed by atoms with Gasteiger partial charge in [0.2, 0.25) is 5.91 Å². The van der Waals surface area contributed by atoms with Crippen LogP contribution in [0.3, 0.4) is 0 Å². The Bertz CT molecular complexity index is 504. The third kappa shape index (κ3) is 3.34. The molecular formula is C12H16N4O3. The van der Waals surface area contributed by atoms with Gasteiger partial charge in [-0.25, -0.2) is 0 Å². The van der Waals surface area contributed by atoms with Crippen molar-refractivity contribution >= 4 is 23.0 Å². The van der Waals surface area contributed by atoms with Gasteiger partial charge in [0.25, 0.3) is 5.69 Å². The average Bonchev–Trinajstić information content (AvgIpc) is 2.81. The Morgan fingerprint density at radius 1 is 1.42 bits per heavy atom. The maximum atomic E-state index is 11.1. The van der Waals surface area contributed by atoms with E-state index in [0.29, 0.717) is 24.3 Å². The van der Waals surface area contributed by atoms with Gasteiger partial charge in [0, 0.05) is 49.6 Å². The van der Waals surface area contributed by atoms with Crippen LogP contribution < -0.4 is 16.0 Å². The number of nitrogens with zero attached hydrogens (tertiary/aromatic N) is 1. The van der Waals surface area contributed by atoms with Crippen molar-refractivity contribution in [1.29, 1.82) is 0 Å². The number of amides is 1. The van der Waals surface area contributed by atoms with Crippen LogP contribution in [0.5, 0.6) is 0 Å². The van der Waals surface area contributed by atoms with Crippen LogP contribution in [0.4, 0.5) is 17.1 Å². The van der Waals surface area contributed by atoms with E-state index in [-0.39, 0.29) is 17.6 Å². The predicted octanol–water partition coefficient (Wildman–Crippen LogP) is 1.33. The first-order chi connectivity index (χ1) is 9.08. The van der Waals surface area contributed by atoms with Crippen molar-refractivity contribution in [2.45, 2.75) is 18.9 Å². The van der Waals surface area contributed by atoms with Crippen molar-refractivity contribution in [2.24, 2.45) is 0 Å². The van der Waals surface area contributed by atoms with E-state index < -0.39 is 4.92 Å². The average molecular weight is 264 g/mol. The van der Waals surface area contributed by atoms with Crippen LogP contribution in [0.1, 0.15) is 12.8 Å². The standard InChI is InChI=1S/C12H16N4O3/c1-13-9-4-10(6-11(5-9)16(18)19)14-7-8-2-3-12(17)15-8/h4-6,8,13-14H,2-3,7H2,1H3,(H,15,17). The topological polar surface area (TPSA) is 96.3 Å². The van der Waals surface area contributed by atoms with Crippen LogP contribution in [-0.4, -0.2) is 30.5 Å². The first-order valence-electron chi connectivity index (χ1n) is 6.09. The number of carbonyl (C=O) groups excluding carboxylic acids is 1. The van der Waals surface area contributed by atoms with E-state index in [4.69, 9.17) is 0 Å². The second kappa shape index (κ2) is 5.55. The Kier molecular flexibility index (Phi) is 3.84. The van der Waals surface area contributed by atoms with Crippen LogP contribution >= 0.6 is 0 Å². The number of nitro benzene ring substituents is 1. The van der Waals surface area contributed by atoms with Gasteiger partial charge in [-0.3, -0.25) is 14.9 Å². The van der Waals surface area contributed by atoms with Gasteiger partial charge >= 0.3 is 0 Å². The Morgan fingerprint density at radius 2 is 2.16 bits per heavy atom. The SMILES string of the molecule is CNc1cc(NCC2CCC(=O)N2)cc([N+](=O)[O-])c1. The first-order valence-corrected chi connectivity index (χ1v) is 6.09. The summed E-state index contributed by atoms with van der Waals surface area (Å²) in [5.41, 5.74) is 1.37. The summed E-state index contributed by atoms with van der Waals surface area (Å²) < 4.78 is 0. The molecule has 1 aromatic carbocycles. The molecule has 1 unspecified atom stereocenters. The molecule has 1 aromatic rings. The molecule has 1 heterocycles. The molecule has 0 radical (unpaired) electrons. The summed E-state index contributed by atoms with van der Waals surface area (Å²) in [6.45, 7) is 0.566. The number of hydrogen-bond acceptors (Lipinski definition) is 5. The highest BCUT2D eigenvalue weighted by Crippen LogP contribution is 2.24. The Labute approximate surface area is 110 Å². The molecule has 1 atom stereocenters. The molecule has 0 saturated carbocycles. The Hall–Kier alpha value is -2.31. The Morgan fingerprint density at radius 3 is 2.74 bits per heavy atom. The molecule has 0 spiro atoms. The lowest BCUT2D eigenvalue weighted by molar-refractivity contribution is -0.384. The summed E-state index contributed by atoms with van der Waals surface area (Å²) in [6.07, 6.45) is 1.34. The molecule has 1 aliphatic heterocycles. The summed E-state index contributed by atoms with van der Waals surface area (Å²) in [5.74, 6) is 0.0572. The normalized spacial score (nSPS) is 17.9. The number of benzene rings is 1. The highest BCUT2D eigenvalue weighted by Gasteiger charge is 2.20. The van der Waals surface area contributed by atoms with Gasteiger partial charge in [0.05, 0.1) is 4.92 Å². The van der Waals surface area contributed by atoms with E-state index in [1.54, 1.807) is 13.1 Å². The van der Waals surface area contributed by atoms with Gasteiger partial charge in [-0.2, -0.15) is 0 Å². The molecular weight excluding hydrogens is 248 g/mol. The van der Waals surface area contributed by atoms with Crippen LogP contribution in [0.25, 0.3) is 0 Å². The fourth-order valence-electron chi connectivity index (χ4n) is 2.03. The second-order valence-corrected chi connectivity index (χ2v) is 4.46. The predicted molar refractivity (Wildman–Crippen MR) is 72.3 cm³/mol. The molecule has 0 aliphatic carbocycles. The molecule has 0 bridgehead atoms. The number of nitro groups is 1. The number of carbonyl (C=O) groups is 1. The molecule has 1 saturated heterocycles. The quantitative estimate of drug-likeness (QED) is 0.550. The summed E-state index contributed by atoms with van der Waals surface area (Å²) in [7, 11) is 1.71. The Balaban J connectivity index is 2.04. The zero-order valence-electron chi connectivity index (χ0n) is 10.6. The number of rotatable bonds is 5. The van der Waals surface area contributed by atoms with E-state index in [1.165, 1.54) is 12.1 Å². The fraction of sp³-hybridized carbons (Fsp3) is 0.417. The van der Waals surface area contributed by atoms with E-state index in [0.717, 1.165) is 6.42 Å². The van der Waals surface area contributed by atoms with E-state index in [9.17, 15) is 14.9 Å². The second-order valence-electron chi connectivity index (χ2n) is 4.46. The summed E-state index contributed by atoms with van der Waals surface area (Å²) in [5, 5.41) is 19.7. The van der Waals surface area contributed by atoms with Crippen LogP contribution in [0, 0.1) is 10.1 Å². The van der Waals surface area contributed by atoms with Gasteiger partial charge in [0.15, 0.2) is 0 Å². The lowest BCUT2D eigenvalue weighted by Crippen LogP contribution is -2.31. The van der Waals surface area contributed by atoms with Gasteiger partial charge < -0.3 is 16.0 Å². The first kappa shape index (κ1) is 13.1. The minimum absolute atomic E-state index is 0.0322. The number of hydrogen-bond donors (Lipinski definition) is 3. The van der Waals surface area contributed by atoms with Crippen molar-refractivity contribution in [3.05, 3.63) is 28.3 Å². The molecule has 7 heteroatoms. The molecule has 1 fully saturated rings. The van der Waals surface area contributed by atoms with Crippen molar-refractivity contribution in [3.8, 4) is 0 Å². The van der Waals surface area contributed by atoms with Crippen LogP contribution in [0.2, 0.25) is 0 Å². The molecule has 19 heavy (non-hydrogen) atoms. The summed E-state index contributed by atoms with van der Waals surface area (Å²) in [6, 6.07) is 4.84. The van der Waals surface area contributed by atoms with Crippen molar-refractivity contribution in [2.75, 3.05) is 24.2 Å². The summed E-state index contributed by atoms with van der Waals surface area (Å²) >= 11 is 0. The van der Waals surface area contributed by atoms with E-state index in [1.807, 2.05) is 0 Å². The monoisotopic (exact) mass is 264 g/mol. The lowest BCUT2D eigenvalue weighted by atomic mass is 10.2. The minimum atomic E-state index is -0.427. The van der Waals surface area contributed by atoms with Crippen molar-refractivity contribution < 1.29 is 9.72 Å². The van der Waals surface area contributed by atoms with Crippen molar-refractivity contribution in [1.82, 2.24) is 5.32 Å². The smallest absolute Gasteiger partial charge is 0.273 e. The van der Waals surface area contributed by atoms with Crippen LogP contribution in [0.15, 0.2) is 18.2 Å². The van der Waals surface area contributed by atoms with Crippen LogP contribution in [-0.2, 0) is 4.79 Å². The number of anilines is 2. The van der Waals surface area contributed by atoms with Gasteiger partial charge in [-0.15, -0.1) is 0 Å². The largest absolute Gasteiger partial charge is 0.388 e. The van der Waals surface area contributed by atoms with Gasteiger partial charge in [0.1, 0.15) is 0 Å². The maximum absolute atomic E-state index is 11.1. The zero-order valence-corrected chi connectivity index (χ0v) is 10.6. The molecule has 1 amide bonds. The molecule has 3 N–H and O–H groups in total. The van der Waals surface area contributed by atoms with E-state index >= 15 is 0 Å². The zero-order chi connectivity index (χ0) is 13.8. The van der Waals surface area contributed by atoms with Crippen molar-refractivity contribution in [3.63, 3.8) is 0 Å². The number of nitrogens with one attached hydrogen (secondary N) is 3. The van der Waals surface area contributed by atoms with E-state index in [2.05, 4.69) is 16.0 Å². The van der Waals surface area contributed by atoms with Gasteiger partial charge in [-0.05, 0) is 12.5 Å². The third-order valence-corrected chi connectivity index (χ3v) is 3.05. The molecule has 0 aromatic heterocycles. The fourth-order valence-corrected chi connectivity index (χ4v) is 2.03. The summed E-state index contributed by atoms with van der Waals surface area (Å²) in [4.78, 5) is 21.5. The van der Waals surface area contributed by atoms with Gasteiger partial charge in [-0.1, -0.05) is 0 Å². The third-order valence-electron chi connectivity index (χ3n) is 3.05. The lowest BCUT2D eigenvalue weighted by Gasteiger charge is -2.13. The molecule has 102 valence electrons. The number of non-ortho nitro benzene ring substituents is 1. The molecule has 2 rings (SSSR count). The highest BCUT2D eigenvalue weighted by molar-refractivity contribution is 5.78. The highest BCUT2D eigenvalue weighted by atomic mass is 16.6. The molecule has 1 aliphatic rings. The maximum Gasteiger partial charge on any atom is 0.273 e. The minimum Gasteiger partial charge on any atom is -0.388 e.